The summed E-state index contributed by atoms with van der Waals surface area (Å²) in [5.74, 6) is -0.758. The molecule has 0 bridgehead atoms. The molecule has 14 heavy (non-hydrogen) atoms. The molecule has 3 N–H and O–H groups in total. The number of carboxylic acids is 1. The Morgan fingerprint density at radius 3 is 2.64 bits per heavy atom. The Morgan fingerprint density at radius 1 is 1.29 bits per heavy atom. The molecule has 0 heterocycles. The largest absolute Gasteiger partial charge is 0.481 e. The van der Waals surface area contributed by atoms with Gasteiger partial charge in [0.25, 0.3) is 0 Å². The summed E-state index contributed by atoms with van der Waals surface area (Å²) >= 11 is 0. The first-order valence-corrected chi connectivity index (χ1v) is 4.55. The Hall–Kier alpha value is -1.55. The van der Waals surface area contributed by atoms with E-state index in [1.807, 2.05) is 30.3 Å². The molecule has 0 saturated heterocycles. The first-order chi connectivity index (χ1) is 6.79. The van der Waals surface area contributed by atoms with E-state index in [9.17, 15) is 4.79 Å². The predicted octanol–water partition coefficient (Wildman–Crippen LogP) is 1.47. The highest BCUT2D eigenvalue weighted by Gasteiger charge is 1.95. The van der Waals surface area contributed by atoms with E-state index >= 15 is 0 Å². The lowest BCUT2D eigenvalue weighted by atomic mass is 10.3. The van der Waals surface area contributed by atoms with E-state index in [2.05, 4.69) is 10.9 Å². The van der Waals surface area contributed by atoms with Crippen molar-refractivity contribution in [1.29, 1.82) is 0 Å². The molecule has 0 spiro atoms. The van der Waals surface area contributed by atoms with Gasteiger partial charge in [-0.1, -0.05) is 18.2 Å². The number of para-hydroxylation sites is 1. The number of carbonyl (C=O) groups is 1. The number of nitrogens with one attached hydrogen (secondary N) is 2. The molecule has 0 atom stereocenters. The van der Waals surface area contributed by atoms with Crippen LogP contribution in [0, 0.1) is 0 Å². The fourth-order valence-electron chi connectivity index (χ4n) is 1.01. The summed E-state index contributed by atoms with van der Waals surface area (Å²) in [5.41, 5.74) is 6.89. The number of hydrogen-bond donors (Lipinski definition) is 3. The number of benzene rings is 1. The topological polar surface area (TPSA) is 61.4 Å². The van der Waals surface area contributed by atoms with Crippen LogP contribution < -0.4 is 10.9 Å². The second-order valence-electron chi connectivity index (χ2n) is 2.92. The molecule has 1 rings (SSSR count). The van der Waals surface area contributed by atoms with Crippen LogP contribution in [0.4, 0.5) is 5.69 Å². The molecule has 4 heteroatoms. The van der Waals surface area contributed by atoms with Crippen LogP contribution in [0.5, 0.6) is 0 Å². The zero-order valence-electron chi connectivity index (χ0n) is 7.86. The standard InChI is InChI=1S/C10H14N2O2/c13-10(14)7-4-8-11-12-9-5-2-1-3-6-9/h1-3,5-6,11-12H,4,7-8H2,(H,13,14). The van der Waals surface area contributed by atoms with E-state index in [0.717, 1.165) is 5.69 Å². The number of rotatable bonds is 6. The van der Waals surface area contributed by atoms with Gasteiger partial charge in [0, 0.05) is 18.7 Å². The number of aliphatic carboxylic acids is 1. The van der Waals surface area contributed by atoms with Gasteiger partial charge in [-0.25, -0.2) is 5.43 Å². The molecule has 0 aliphatic rings. The lowest BCUT2D eigenvalue weighted by Gasteiger charge is -2.06. The third-order valence-corrected chi connectivity index (χ3v) is 1.70. The van der Waals surface area contributed by atoms with Gasteiger partial charge in [0.05, 0.1) is 0 Å². The van der Waals surface area contributed by atoms with Gasteiger partial charge in [0.15, 0.2) is 0 Å². The van der Waals surface area contributed by atoms with E-state index in [1.54, 1.807) is 0 Å². The van der Waals surface area contributed by atoms with E-state index in [1.165, 1.54) is 0 Å². The summed E-state index contributed by atoms with van der Waals surface area (Å²) in [5, 5.41) is 8.38. The third-order valence-electron chi connectivity index (χ3n) is 1.70. The van der Waals surface area contributed by atoms with Crippen molar-refractivity contribution in [1.82, 2.24) is 5.43 Å². The second kappa shape index (κ2) is 5.99. The molecule has 1 aromatic rings. The fraction of sp³-hybridized carbons (Fsp3) is 0.300. The molecule has 0 fully saturated rings. The minimum absolute atomic E-state index is 0.198. The van der Waals surface area contributed by atoms with Gasteiger partial charge < -0.3 is 10.5 Å². The first kappa shape index (κ1) is 10.5. The number of anilines is 1. The smallest absolute Gasteiger partial charge is 0.303 e. The summed E-state index contributed by atoms with van der Waals surface area (Å²) in [6.45, 7) is 0.640. The van der Waals surface area contributed by atoms with Gasteiger partial charge in [-0.05, 0) is 18.6 Å². The first-order valence-electron chi connectivity index (χ1n) is 4.55. The summed E-state index contributed by atoms with van der Waals surface area (Å²) in [7, 11) is 0. The van der Waals surface area contributed by atoms with Gasteiger partial charge in [-0.15, -0.1) is 0 Å². The molecule has 0 aliphatic heterocycles. The summed E-state index contributed by atoms with van der Waals surface area (Å²) < 4.78 is 0. The highest BCUT2D eigenvalue weighted by atomic mass is 16.4. The van der Waals surface area contributed by atoms with Crippen molar-refractivity contribution in [3.8, 4) is 0 Å². The Labute approximate surface area is 82.9 Å². The maximum absolute atomic E-state index is 10.2. The molecule has 0 unspecified atom stereocenters. The second-order valence-corrected chi connectivity index (χ2v) is 2.92. The summed E-state index contributed by atoms with van der Waals surface area (Å²) in [6, 6.07) is 9.67. The van der Waals surface area contributed by atoms with Crippen molar-refractivity contribution in [2.24, 2.45) is 0 Å². The van der Waals surface area contributed by atoms with Crippen LogP contribution in [-0.2, 0) is 4.79 Å². The van der Waals surface area contributed by atoms with Crippen LogP contribution in [0.15, 0.2) is 30.3 Å². The Kier molecular flexibility index (Phi) is 4.50. The van der Waals surface area contributed by atoms with Crippen LogP contribution in [0.3, 0.4) is 0 Å². The average Bonchev–Trinajstić information content (AvgIpc) is 2.18. The zero-order valence-corrected chi connectivity index (χ0v) is 7.86. The SMILES string of the molecule is O=C(O)CCCNNc1ccccc1. The summed E-state index contributed by atoms with van der Waals surface area (Å²) in [6.07, 6.45) is 0.818. The number of hydrogen-bond acceptors (Lipinski definition) is 3. The normalized spacial score (nSPS) is 9.71. The molecular weight excluding hydrogens is 180 g/mol. The quantitative estimate of drug-likeness (QED) is 0.474. The molecule has 0 amide bonds. The van der Waals surface area contributed by atoms with Gasteiger partial charge in [0.1, 0.15) is 0 Å². The molecule has 0 aromatic heterocycles. The van der Waals surface area contributed by atoms with E-state index in [-0.39, 0.29) is 6.42 Å². The maximum atomic E-state index is 10.2. The number of carboxylic acid groups (broad SMARTS) is 1. The lowest BCUT2D eigenvalue weighted by molar-refractivity contribution is -0.137. The molecule has 0 aliphatic carbocycles. The Morgan fingerprint density at radius 2 is 2.00 bits per heavy atom. The van der Waals surface area contributed by atoms with Gasteiger partial charge in [-0.3, -0.25) is 4.79 Å². The van der Waals surface area contributed by atoms with Crippen LogP contribution in [-0.4, -0.2) is 17.6 Å². The van der Waals surface area contributed by atoms with Crippen molar-refractivity contribution >= 4 is 11.7 Å². The zero-order chi connectivity index (χ0) is 10.2. The molecule has 76 valence electrons. The molecular formula is C10H14N2O2. The predicted molar refractivity (Wildman–Crippen MR) is 54.9 cm³/mol. The van der Waals surface area contributed by atoms with Crippen molar-refractivity contribution in [2.45, 2.75) is 12.8 Å². The van der Waals surface area contributed by atoms with Gasteiger partial charge >= 0.3 is 5.97 Å². The van der Waals surface area contributed by atoms with Crippen molar-refractivity contribution in [3.63, 3.8) is 0 Å². The minimum Gasteiger partial charge on any atom is -0.481 e. The minimum atomic E-state index is -0.758. The monoisotopic (exact) mass is 194 g/mol. The highest BCUT2D eigenvalue weighted by Crippen LogP contribution is 2.02. The third kappa shape index (κ3) is 4.47. The molecule has 1 aromatic carbocycles. The van der Waals surface area contributed by atoms with Crippen molar-refractivity contribution in [3.05, 3.63) is 30.3 Å². The molecule has 0 radical (unpaired) electrons. The van der Waals surface area contributed by atoms with Gasteiger partial charge in [0.2, 0.25) is 0 Å². The van der Waals surface area contributed by atoms with E-state index < -0.39 is 5.97 Å². The average molecular weight is 194 g/mol. The van der Waals surface area contributed by atoms with Crippen molar-refractivity contribution < 1.29 is 9.90 Å². The highest BCUT2D eigenvalue weighted by molar-refractivity contribution is 5.66. The molecule has 0 saturated carbocycles. The van der Waals surface area contributed by atoms with Gasteiger partial charge in [-0.2, -0.15) is 0 Å². The Bertz CT molecular complexity index is 275. The van der Waals surface area contributed by atoms with Crippen LogP contribution in [0.1, 0.15) is 12.8 Å². The van der Waals surface area contributed by atoms with E-state index in [4.69, 9.17) is 5.11 Å². The molecule has 4 nitrogen and oxygen atoms in total. The van der Waals surface area contributed by atoms with Crippen LogP contribution in [0.2, 0.25) is 0 Å². The summed E-state index contributed by atoms with van der Waals surface area (Å²) in [4.78, 5) is 10.2. The number of hydrazine groups is 1. The maximum Gasteiger partial charge on any atom is 0.303 e. The van der Waals surface area contributed by atoms with Crippen LogP contribution >= 0.6 is 0 Å². The lowest BCUT2D eigenvalue weighted by Crippen LogP contribution is -2.23. The Balaban J connectivity index is 2.08. The van der Waals surface area contributed by atoms with Crippen LogP contribution in [0.25, 0.3) is 0 Å². The van der Waals surface area contributed by atoms with Crippen molar-refractivity contribution in [2.75, 3.05) is 12.0 Å². The van der Waals surface area contributed by atoms with E-state index in [0.29, 0.717) is 13.0 Å². The fourth-order valence-corrected chi connectivity index (χ4v) is 1.01.